The largest absolute Gasteiger partial charge is 0.356 e. The van der Waals surface area contributed by atoms with Crippen molar-refractivity contribution in [2.24, 2.45) is 11.7 Å². The highest BCUT2D eigenvalue weighted by Crippen LogP contribution is 2.18. The second kappa shape index (κ2) is 7.08. The number of hydrogen-bond acceptors (Lipinski definition) is 3. The SMILES string of the molecule is Cc1cccc(C(CC(=O)NCC2CNC2)NC(N)=O)c1. The van der Waals surface area contributed by atoms with Gasteiger partial charge in [0.25, 0.3) is 0 Å². The number of urea groups is 1. The predicted octanol–water partition coefficient (Wildman–Crippen LogP) is 0.430. The summed E-state index contributed by atoms with van der Waals surface area (Å²) in [6.07, 6.45) is 0.187. The number of amides is 3. The van der Waals surface area contributed by atoms with Gasteiger partial charge in [-0.05, 0) is 12.5 Å². The van der Waals surface area contributed by atoms with Crippen LogP contribution in [-0.2, 0) is 4.79 Å². The zero-order valence-electron chi connectivity index (χ0n) is 12.2. The van der Waals surface area contributed by atoms with E-state index in [1.54, 1.807) is 0 Å². The first kappa shape index (κ1) is 15.3. The molecule has 0 spiro atoms. The summed E-state index contributed by atoms with van der Waals surface area (Å²) in [7, 11) is 0. The Morgan fingerprint density at radius 2 is 2.19 bits per heavy atom. The highest BCUT2D eigenvalue weighted by molar-refractivity contribution is 5.78. The average Bonchev–Trinajstić information content (AvgIpc) is 2.35. The van der Waals surface area contributed by atoms with Crippen LogP contribution in [0, 0.1) is 12.8 Å². The Kier molecular flexibility index (Phi) is 5.16. The number of carbonyl (C=O) groups is 2. The van der Waals surface area contributed by atoms with Gasteiger partial charge in [0.2, 0.25) is 5.91 Å². The van der Waals surface area contributed by atoms with Gasteiger partial charge in [0.05, 0.1) is 12.5 Å². The molecule has 2 rings (SSSR count). The fraction of sp³-hybridized carbons (Fsp3) is 0.467. The third kappa shape index (κ3) is 4.75. The van der Waals surface area contributed by atoms with Crippen LogP contribution in [0.15, 0.2) is 24.3 Å². The predicted molar refractivity (Wildman–Crippen MR) is 80.6 cm³/mol. The van der Waals surface area contributed by atoms with Crippen molar-refractivity contribution in [1.29, 1.82) is 0 Å². The van der Waals surface area contributed by atoms with E-state index < -0.39 is 12.1 Å². The van der Waals surface area contributed by atoms with E-state index in [1.165, 1.54) is 0 Å². The van der Waals surface area contributed by atoms with Crippen LogP contribution in [0.2, 0.25) is 0 Å². The molecule has 5 N–H and O–H groups in total. The van der Waals surface area contributed by atoms with Crippen molar-refractivity contribution in [2.75, 3.05) is 19.6 Å². The second-order valence-electron chi connectivity index (χ2n) is 5.51. The number of nitrogens with two attached hydrogens (primary N) is 1. The molecule has 1 heterocycles. The first-order valence-corrected chi connectivity index (χ1v) is 7.14. The molecular weight excluding hydrogens is 268 g/mol. The van der Waals surface area contributed by atoms with Crippen LogP contribution in [0.3, 0.4) is 0 Å². The summed E-state index contributed by atoms with van der Waals surface area (Å²) >= 11 is 0. The molecule has 0 aromatic heterocycles. The molecule has 0 bridgehead atoms. The molecule has 0 aliphatic carbocycles. The van der Waals surface area contributed by atoms with Gasteiger partial charge < -0.3 is 21.7 Å². The molecular formula is C15H22N4O2. The lowest BCUT2D eigenvalue weighted by molar-refractivity contribution is -0.121. The summed E-state index contributed by atoms with van der Waals surface area (Å²) in [6, 6.07) is 6.67. The number of nitrogens with one attached hydrogen (secondary N) is 3. The van der Waals surface area contributed by atoms with Crippen LogP contribution in [0.1, 0.15) is 23.6 Å². The van der Waals surface area contributed by atoms with Crippen LogP contribution >= 0.6 is 0 Å². The minimum Gasteiger partial charge on any atom is -0.356 e. The number of hydrogen-bond donors (Lipinski definition) is 4. The topological polar surface area (TPSA) is 96.2 Å². The standard InChI is InChI=1S/C15H22N4O2/c1-10-3-2-4-12(5-10)13(19-15(16)21)6-14(20)18-9-11-7-17-8-11/h2-5,11,13,17H,6-9H2,1H3,(H,18,20)(H3,16,19,21). The zero-order chi connectivity index (χ0) is 15.2. The highest BCUT2D eigenvalue weighted by Gasteiger charge is 2.20. The number of benzene rings is 1. The van der Waals surface area contributed by atoms with Crippen molar-refractivity contribution in [1.82, 2.24) is 16.0 Å². The van der Waals surface area contributed by atoms with Gasteiger partial charge in [-0.2, -0.15) is 0 Å². The molecule has 1 aromatic rings. The van der Waals surface area contributed by atoms with E-state index in [0.29, 0.717) is 12.5 Å². The van der Waals surface area contributed by atoms with Gasteiger partial charge in [-0.1, -0.05) is 29.8 Å². The zero-order valence-corrected chi connectivity index (χ0v) is 12.2. The molecule has 21 heavy (non-hydrogen) atoms. The van der Waals surface area contributed by atoms with Crippen LogP contribution < -0.4 is 21.7 Å². The van der Waals surface area contributed by atoms with Crippen LogP contribution in [0.25, 0.3) is 0 Å². The summed E-state index contributed by atoms with van der Waals surface area (Å²) in [5.41, 5.74) is 7.16. The summed E-state index contributed by atoms with van der Waals surface area (Å²) in [5, 5.41) is 8.70. The van der Waals surface area contributed by atoms with Crippen molar-refractivity contribution < 1.29 is 9.59 Å². The fourth-order valence-electron chi connectivity index (χ4n) is 2.32. The number of rotatable bonds is 6. The van der Waals surface area contributed by atoms with Crippen molar-refractivity contribution >= 4 is 11.9 Å². The first-order chi connectivity index (χ1) is 10.0. The van der Waals surface area contributed by atoms with Crippen molar-refractivity contribution in [3.05, 3.63) is 35.4 Å². The number of primary amides is 1. The highest BCUT2D eigenvalue weighted by atomic mass is 16.2. The molecule has 1 atom stereocenters. The van der Waals surface area contributed by atoms with E-state index in [2.05, 4.69) is 16.0 Å². The van der Waals surface area contributed by atoms with Gasteiger partial charge >= 0.3 is 6.03 Å². The lowest BCUT2D eigenvalue weighted by atomic mass is 10.0. The first-order valence-electron chi connectivity index (χ1n) is 7.14. The molecule has 1 saturated heterocycles. The normalized spacial score (nSPS) is 15.9. The molecule has 1 aliphatic rings. The fourth-order valence-corrected chi connectivity index (χ4v) is 2.32. The van der Waals surface area contributed by atoms with Crippen LogP contribution in [0.4, 0.5) is 4.79 Å². The van der Waals surface area contributed by atoms with Gasteiger partial charge in [-0.25, -0.2) is 4.79 Å². The molecule has 1 unspecified atom stereocenters. The Morgan fingerprint density at radius 3 is 2.76 bits per heavy atom. The minimum absolute atomic E-state index is 0.0813. The Balaban J connectivity index is 1.95. The quantitative estimate of drug-likeness (QED) is 0.612. The van der Waals surface area contributed by atoms with Gasteiger partial charge in [0, 0.05) is 25.6 Å². The van der Waals surface area contributed by atoms with Crippen molar-refractivity contribution in [2.45, 2.75) is 19.4 Å². The molecule has 0 radical (unpaired) electrons. The third-order valence-corrected chi connectivity index (χ3v) is 3.60. The van der Waals surface area contributed by atoms with E-state index in [-0.39, 0.29) is 12.3 Å². The Hall–Kier alpha value is -2.08. The maximum Gasteiger partial charge on any atom is 0.312 e. The lowest BCUT2D eigenvalue weighted by Crippen LogP contribution is -2.48. The minimum atomic E-state index is -0.627. The summed E-state index contributed by atoms with van der Waals surface area (Å²) < 4.78 is 0. The molecule has 1 aliphatic heterocycles. The third-order valence-electron chi connectivity index (χ3n) is 3.60. The molecule has 6 heteroatoms. The monoisotopic (exact) mass is 290 g/mol. The van der Waals surface area contributed by atoms with E-state index in [1.807, 2.05) is 31.2 Å². The van der Waals surface area contributed by atoms with E-state index in [4.69, 9.17) is 5.73 Å². The van der Waals surface area contributed by atoms with Crippen molar-refractivity contribution in [3.63, 3.8) is 0 Å². The van der Waals surface area contributed by atoms with Gasteiger partial charge in [0.1, 0.15) is 0 Å². The van der Waals surface area contributed by atoms with Gasteiger partial charge in [-0.15, -0.1) is 0 Å². The smallest absolute Gasteiger partial charge is 0.312 e. The molecule has 1 aromatic carbocycles. The second-order valence-corrected chi connectivity index (χ2v) is 5.51. The molecule has 3 amide bonds. The van der Waals surface area contributed by atoms with Crippen LogP contribution in [0.5, 0.6) is 0 Å². The summed E-state index contributed by atoms with van der Waals surface area (Å²) in [6.45, 7) is 4.53. The maximum atomic E-state index is 12.0. The Bertz CT molecular complexity index is 514. The number of aryl methyl sites for hydroxylation is 1. The van der Waals surface area contributed by atoms with Gasteiger partial charge in [0.15, 0.2) is 0 Å². The van der Waals surface area contributed by atoms with Crippen molar-refractivity contribution in [3.8, 4) is 0 Å². The lowest BCUT2D eigenvalue weighted by Gasteiger charge is -2.27. The van der Waals surface area contributed by atoms with Gasteiger partial charge in [-0.3, -0.25) is 4.79 Å². The molecule has 114 valence electrons. The average molecular weight is 290 g/mol. The summed E-state index contributed by atoms with van der Waals surface area (Å²) in [5.74, 6) is 0.428. The number of carbonyl (C=O) groups excluding carboxylic acids is 2. The van der Waals surface area contributed by atoms with E-state index >= 15 is 0 Å². The van der Waals surface area contributed by atoms with E-state index in [0.717, 1.165) is 24.2 Å². The Morgan fingerprint density at radius 1 is 1.43 bits per heavy atom. The summed E-state index contributed by atoms with van der Waals surface area (Å²) in [4.78, 5) is 23.2. The molecule has 0 saturated carbocycles. The van der Waals surface area contributed by atoms with Crippen LogP contribution in [-0.4, -0.2) is 31.6 Å². The molecule has 6 nitrogen and oxygen atoms in total. The Labute approximate surface area is 124 Å². The van der Waals surface area contributed by atoms with E-state index in [9.17, 15) is 9.59 Å². The maximum absolute atomic E-state index is 12.0. The molecule has 1 fully saturated rings.